The van der Waals surface area contributed by atoms with Crippen molar-refractivity contribution >= 4 is 23.1 Å². The van der Waals surface area contributed by atoms with E-state index in [0.717, 1.165) is 0 Å². The Kier molecular flexibility index (Phi) is 2.96. The zero-order chi connectivity index (χ0) is 13.4. The Hall–Kier alpha value is -2.08. The summed E-state index contributed by atoms with van der Waals surface area (Å²) in [6, 6.07) is 4.48. The summed E-state index contributed by atoms with van der Waals surface area (Å²) in [6.07, 6.45) is 0. The number of hydrogen-bond donors (Lipinski definition) is 1. The average molecular weight is 267 g/mol. The first kappa shape index (κ1) is 12.4. The van der Waals surface area contributed by atoms with Gasteiger partial charge in [0.2, 0.25) is 0 Å². The fourth-order valence-electron chi connectivity index (χ4n) is 1.75. The maximum atomic E-state index is 11.0. The summed E-state index contributed by atoms with van der Waals surface area (Å²) >= 11 is 5.77. The van der Waals surface area contributed by atoms with Crippen molar-refractivity contribution in [3.05, 3.63) is 38.9 Å². The van der Waals surface area contributed by atoms with Crippen LogP contribution < -0.4 is 5.73 Å². The van der Waals surface area contributed by atoms with E-state index in [1.165, 1.54) is 10.7 Å². The SMILES string of the molecule is Cc1c(-c2ccc(Cl)cc2[N+](=O)[O-])nn(C)c1N. The Labute approximate surface area is 108 Å². The standard InChI is InChI=1S/C11H11ClN4O2/c1-6-10(14-15(2)11(6)13)8-4-3-7(12)5-9(8)16(17)18/h3-5H,13H2,1-2H3. The van der Waals surface area contributed by atoms with Crippen molar-refractivity contribution in [2.45, 2.75) is 6.92 Å². The number of nitro benzene ring substituents is 1. The van der Waals surface area contributed by atoms with E-state index in [0.29, 0.717) is 27.7 Å². The van der Waals surface area contributed by atoms with E-state index in [-0.39, 0.29) is 5.69 Å². The second-order valence-corrected chi connectivity index (χ2v) is 4.34. The molecule has 1 heterocycles. The molecule has 0 spiro atoms. The maximum Gasteiger partial charge on any atom is 0.280 e. The molecular formula is C11H11ClN4O2. The molecular weight excluding hydrogens is 256 g/mol. The highest BCUT2D eigenvalue weighted by molar-refractivity contribution is 6.30. The Morgan fingerprint density at radius 1 is 1.50 bits per heavy atom. The van der Waals surface area contributed by atoms with Gasteiger partial charge in [-0.3, -0.25) is 14.8 Å². The lowest BCUT2D eigenvalue weighted by Gasteiger charge is -2.01. The van der Waals surface area contributed by atoms with Crippen molar-refractivity contribution < 1.29 is 4.92 Å². The second-order valence-electron chi connectivity index (χ2n) is 3.90. The van der Waals surface area contributed by atoms with Crippen molar-refractivity contribution in [1.29, 1.82) is 0 Å². The van der Waals surface area contributed by atoms with Crippen LogP contribution in [0, 0.1) is 17.0 Å². The number of nitrogen functional groups attached to an aromatic ring is 1. The van der Waals surface area contributed by atoms with E-state index >= 15 is 0 Å². The van der Waals surface area contributed by atoms with Crippen LogP contribution in [-0.4, -0.2) is 14.7 Å². The summed E-state index contributed by atoms with van der Waals surface area (Å²) < 4.78 is 1.49. The molecule has 2 N–H and O–H groups in total. The third-order valence-corrected chi connectivity index (χ3v) is 2.98. The van der Waals surface area contributed by atoms with Gasteiger partial charge in [-0.25, -0.2) is 0 Å². The summed E-state index contributed by atoms with van der Waals surface area (Å²) in [7, 11) is 1.69. The zero-order valence-electron chi connectivity index (χ0n) is 9.85. The minimum atomic E-state index is -0.481. The van der Waals surface area contributed by atoms with Crippen LogP contribution in [0.25, 0.3) is 11.3 Å². The number of nitrogens with zero attached hydrogens (tertiary/aromatic N) is 3. The maximum absolute atomic E-state index is 11.0. The van der Waals surface area contributed by atoms with Gasteiger partial charge >= 0.3 is 0 Å². The van der Waals surface area contributed by atoms with Crippen LogP contribution in [0.5, 0.6) is 0 Å². The molecule has 2 rings (SSSR count). The molecule has 0 aliphatic rings. The van der Waals surface area contributed by atoms with Crippen LogP contribution in [-0.2, 0) is 7.05 Å². The molecule has 1 aromatic heterocycles. The summed E-state index contributed by atoms with van der Waals surface area (Å²) in [5, 5.41) is 15.5. The molecule has 0 bridgehead atoms. The summed E-state index contributed by atoms with van der Waals surface area (Å²) in [5.41, 5.74) is 7.34. The summed E-state index contributed by atoms with van der Waals surface area (Å²) in [4.78, 5) is 10.6. The number of rotatable bonds is 2. The first-order valence-electron chi connectivity index (χ1n) is 5.15. The molecule has 18 heavy (non-hydrogen) atoms. The van der Waals surface area contributed by atoms with Crippen molar-refractivity contribution in [3.8, 4) is 11.3 Å². The minimum absolute atomic E-state index is 0.0799. The molecule has 0 saturated heterocycles. The largest absolute Gasteiger partial charge is 0.384 e. The fraction of sp³-hybridized carbons (Fsp3) is 0.182. The molecule has 6 nitrogen and oxygen atoms in total. The van der Waals surface area contributed by atoms with Crippen LogP contribution in [0.2, 0.25) is 5.02 Å². The van der Waals surface area contributed by atoms with Crippen LogP contribution in [0.15, 0.2) is 18.2 Å². The molecule has 0 fully saturated rings. The summed E-state index contributed by atoms with van der Waals surface area (Å²) in [6.45, 7) is 1.77. The summed E-state index contributed by atoms with van der Waals surface area (Å²) in [5.74, 6) is 0.481. The third kappa shape index (κ3) is 1.91. The second kappa shape index (κ2) is 4.30. The molecule has 0 unspecified atom stereocenters. The van der Waals surface area contributed by atoms with Gasteiger partial charge in [-0.1, -0.05) is 11.6 Å². The fourth-order valence-corrected chi connectivity index (χ4v) is 1.92. The number of hydrogen-bond acceptors (Lipinski definition) is 4. The molecule has 0 saturated carbocycles. The topological polar surface area (TPSA) is 87.0 Å². The monoisotopic (exact) mass is 266 g/mol. The molecule has 0 aliphatic heterocycles. The van der Waals surface area contributed by atoms with E-state index in [4.69, 9.17) is 17.3 Å². The van der Waals surface area contributed by atoms with E-state index in [1.54, 1.807) is 26.1 Å². The normalized spacial score (nSPS) is 10.6. The number of halogens is 1. The van der Waals surface area contributed by atoms with Gasteiger partial charge in [-0.15, -0.1) is 0 Å². The highest BCUT2D eigenvalue weighted by Crippen LogP contribution is 2.34. The van der Waals surface area contributed by atoms with Crippen molar-refractivity contribution in [2.24, 2.45) is 7.05 Å². The van der Waals surface area contributed by atoms with Gasteiger partial charge in [0.25, 0.3) is 5.69 Å². The van der Waals surface area contributed by atoms with Crippen LogP contribution >= 0.6 is 11.6 Å². The molecule has 0 radical (unpaired) electrons. The van der Waals surface area contributed by atoms with E-state index in [9.17, 15) is 10.1 Å². The predicted octanol–water partition coefficient (Wildman–Crippen LogP) is 2.54. The quantitative estimate of drug-likeness (QED) is 0.668. The molecule has 0 amide bonds. The van der Waals surface area contributed by atoms with E-state index in [1.807, 2.05) is 0 Å². The number of nitro groups is 1. The van der Waals surface area contributed by atoms with Gasteiger partial charge in [0.15, 0.2) is 0 Å². The number of anilines is 1. The van der Waals surface area contributed by atoms with Gasteiger partial charge in [-0.2, -0.15) is 5.10 Å². The molecule has 1 aromatic carbocycles. The van der Waals surface area contributed by atoms with Gasteiger partial charge in [0.1, 0.15) is 11.5 Å². The average Bonchev–Trinajstić information content (AvgIpc) is 2.57. The van der Waals surface area contributed by atoms with Gasteiger partial charge < -0.3 is 5.73 Å². The number of benzene rings is 1. The first-order chi connectivity index (χ1) is 8.41. The Morgan fingerprint density at radius 2 is 2.17 bits per heavy atom. The van der Waals surface area contributed by atoms with Crippen LogP contribution in [0.1, 0.15) is 5.56 Å². The molecule has 0 atom stereocenters. The smallest absolute Gasteiger partial charge is 0.280 e. The highest BCUT2D eigenvalue weighted by Gasteiger charge is 2.21. The molecule has 0 aliphatic carbocycles. The van der Waals surface area contributed by atoms with Crippen molar-refractivity contribution in [3.63, 3.8) is 0 Å². The van der Waals surface area contributed by atoms with E-state index in [2.05, 4.69) is 5.10 Å². The Morgan fingerprint density at radius 3 is 2.67 bits per heavy atom. The predicted molar refractivity (Wildman–Crippen MR) is 69.5 cm³/mol. The zero-order valence-corrected chi connectivity index (χ0v) is 10.6. The lowest BCUT2D eigenvalue weighted by atomic mass is 10.1. The van der Waals surface area contributed by atoms with Crippen LogP contribution in [0.3, 0.4) is 0 Å². The van der Waals surface area contributed by atoms with Crippen molar-refractivity contribution in [1.82, 2.24) is 9.78 Å². The van der Waals surface area contributed by atoms with Crippen LogP contribution in [0.4, 0.5) is 11.5 Å². The number of aromatic nitrogens is 2. The molecule has 94 valence electrons. The lowest BCUT2D eigenvalue weighted by Crippen LogP contribution is -1.97. The first-order valence-corrected chi connectivity index (χ1v) is 5.53. The Bertz CT molecular complexity index is 636. The lowest BCUT2D eigenvalue weighted by molar-refractivity contribution is -0.384. The third-order valence-electron chi connectivity index (χ3n) is 2.75. The van der Waals surface area contributed by atoms with E-state index < -0.39 is 4.92 Å². The molecule has 7 heteroatoms. The van der Waals surface area contributed by atoms with Crippen molar-refractivity contribution in [2.75, 3.05) is 5.73 Å². The minimum Gasteiger partial charge on any atom is -0.384 e. The highest BCUT2D eigenvalue weighted by atomic mass is 35.5. The van der Waals surface area contributed by atoms with Gasteiger partial charge in [-0.05, 0) is 19.1 Å². The van der Waals surface area contributed by atoms with Gasteiger partial charge in [0.05, 0.1) is 10.5 Å². The van der Waals surface area contributed by atoms with Gasteiger partial charge in [0, 0.05) is 23.7 Å². The number of nitrogens with two attached hydrogens (primary N) is 1. The Balaban J connectivity index is 2.71. The molecule has 2 aromatic rings. The number of aryl methyl sites for hydroxylation is 1.